The Morgan fingerprint density at radius 1 is 1.31 bits per heavy atom. The summed E-state index contributed by atoms with van der Waals surface area (Å²) in [4.78, 5) is 12.5. The summed E-state index contributed by atoms with van der Waals surface area (Å²) in [5, 5.41) is 5.40. The van der Waals surface area contributed by atoms with E-state index in [0.29, 0.717) is 23.6 Å². The fourth-order valence-electron chi connectivity index (χ4n) is 2.04. The normalized spacial score (nSPS) is 10.3. The predicted octanol–water partition coefficient (Wildman–Crippen LogP) is 5.55. The fraction of sp³-hybridized carbons (Fsp3) is 0.222. The third kappa shape index (κ3) is 5.93. The average Bonchev–Trinajstić information content (AvgIpc) is 2.59. The summed E-state index contributed by atoms with van der Waals surface area (Å²) in [6.07, 6.45) is 1.88. The van der Waals surface area contributed by atoms with Crippen LogP contribution in [0.15, 0.2) is 40.9 Å². The second kappa shape index (κ2) is 9.85. The van der Waals surface area contributed by atoms with E-state index in [9.17, 15) is 9.18 Å². The van der Waals surface area contributed by atoms with Crippen LogP contribution in [0.1, 0.15) is 30.1 Å². The summed E-state index contributed by atoms with van der Waals surface area (Å²) >= 11 is 14.2. The molecule has 0 aromatic heterocycles. The average molecular weight is 460 g/mol. The van der Waals surface area contributed by atoms with Crippen LogP contribution in [-0.2, 0) is 0 Å². The van der Waals surface area contributed by atoms with Gasteiger partial charge in [-0.2, -0.15) is 0 Å². The Kier molecular flexibility index (Phi) is 7.81. The zero-order valence-corrected chi connectivity index (χ0v) is 17.1. The number of hydrogen-bond acceptors (Lipinski definition) is 3. The van der Waals surface area contributed by atoms with Crippen molar-refractivity contribution in [3.8, 4) is 5.75 Å². The first-order valence-corrected chi connectivity index (χ1v) is 9.48. The molecule has 0 heterocycles. The number of halogens is 3. The molecule has 0 spiro atoms. The molecule has 0 saturated heterocycles. The number of nitrogens with one attached hydrogen (secondary N) is 2. The zero-order chi connectivity index (χ0) is 19.1. The molecule has 4 nitrogen and oxygen atoms in total. The number of rotatable bonds is 6. The van der Waals surface area contributed by atoms with Gasteiger partial charge in [-0.05, 0) is 55.0 Å². The van der Waals surface area contributed by atoms with Crippen molar-refractivity contribution in [2.24, 2.45) is 0 Å². The lowest BCUT2D eigenvalue weighted by Crippen LogP contribution is -2.34. The van der Waals surface area contributed by atoms with Crippen molar-refractivity contribution in [1.82, 2.24) is 5.32 Å². The van der Waals surface area contributed by atoms with Crippen molar-refractivity contribution in [3.63, 3.8) is 0 Å². The Balaban J connectivity index is 2.07. The Labute approximate surface area is 170 Å². The van der Waals surface area contributed by atoms with Crippen LogP contribution in [0.5, 0.6) is 5.75 Å². The van der Waals surface area contributed by atoms with Gasteiger partial charge in [-0.25, -0.2) is 4.39 Å². The van der Waals surface area contributed by atoms with E-state index in [1.54, 1.807) is 18.2 Å². The van der Waals surface area contributed by atoms with E-state index in [-0.39, 0.29) is 10.1 Å². The van der Waals surface area contributed by atoms with Crippen molar-refractivity contribution >= 4 is 56.5 Å². The number of anilines is 1. The number of ether oxygens (including phenoxy) is 1. The summed E-state index contributed by atoms with van der Waals surface area (Å²) in [5.41, 5.74) is 0.826. The van der Waals surface area contributed by atoms with Crippen LogP contribution in [0.4, 0.5) is 10.1 Å². The number of benzene rings is 2. The monoisotopic (exact) mass is 458 g/mol. The van der Waals surface area contributed by atoms with Gasteiger partial charge in [0, 0.05) is 10.2 Å². The maximum absolute atomic E-state index is 13.2. The van der Waals surface area contributed by atoms with Gasteiger partial charge in [0.15, 0.2) is 5.11 Å². The molecule has 0 atom stereocenters. The Hall–Kier alpha value is -1.70. The van der Waals surface area contributed by atoms with E-state index >= 15 is 0 Å². The number of carbonyl (C=O) groups excluding carboxylic acids is 1. The number of unbranched alkanes of at least 4 members (excludes halogenated alkanes) is 1. The van der Waals surface area contributed by atoms with Gasteiger partial charge in [0.1, 0.15) is 11.6 Å². The molecule has 1 amide bonds. The molecule has 0 aliphatic rings. The fourth-order valence-corrected chi connectivity index (χ4v) is 2.79. The minimum atomic E-state index is -0.532. The van der Waals surface area contributed by atoms with Crippen LogP contribution >= 0.6 is 39.7 Å². The van der Waals surface area contributed by atoms with Gasteiger partial charge in [-0.3, -0.25) is 10.1 Å². The van der Waals surface area contributed by atoms with Gasteiger partial charge in [0.05, 0.1) is 17.2 Å². The molecule has 0 aliphatic carbocycles. The number of amides is 1. The lowest BCUT2D eigenvalue weighted by molar-refractivity contribution is 0.0973. The highest BCUT2D eigenvalue weighted by atomic mass is 79.9. The van der Waals surface area contributed by atoms with Gasteiger partial charge in [0.25, 0.3) is 5.91 Å². The second-order valence-corrected chi connectivity index (χ2v) is 7.11. The summed E-state index contributed by atoms with van der Waals surface area (Å²) in [5.74, 6) is -0.467. The summed E-state index contributed by atoms with van der Waals surface area (Å²) < 4.78 is 19.6. The molecule has 2 rings (SSSR count). The molecule has 0 saturated carbocycles. The summed E-state index contributed by atoms with van der Waals surface area (Å²) in [6.45, 7) is 2.58. The van der Waals surface area contributed by atoms with Crippen molar-refractivity contribution in [3.05, 3.63) is 57.3 Å². The largest absolute Gasteiger partial charge is 0.493 e. The smallest absolute Gasteiger partial charge is 0.261 e. The van der Waals surface area contributed by atoms with Gasteiger partial charge in [-0.1, -0.05) is 40.9 Å². The maximum atomic E-state index is 13.2. The minimum Gasteiger partial charge on any atom is -0.493 e. The third-order valence-corrected chi connectivity index (χ3v) is 4.33. The molecule has 0 fully saturated rings. The molecular formula is C18H17BrClFN2O2S. The van der Waals surface area contributed by atoms with E-state index in [1.165, 1.54) is 18.2 Å². The molecule has 0 bridgehead atoms. The molecule has 0 unspecified atom stereocenters. The van der Waals surface area contributed by atoms with Gasteiger partial charge < -0.3 is 10.1 Å². The van der Waals surface area contributed by atoms with Gasteiger partial charge >= 0.3 is 0 Å². The molecule has 8 heteroatoms. The zero-order valence-electron chi connectivity index (χ0n) is 13.9. The maximum Gasteiger partial charge on any atom is 0.261 e. The molecule has 0 aliphatic heterocycles. The quantitative estimate of drug-likeness (QED) is 0.439. The predicted molar refractivity (Wildman–Crippen MR) is 110 cm³/mol. The lowest BCUT2D eigenvalue weighted by Gasteiger charge is -2.13. The topological polar surface area (TPSA) is 50.4 Å². The SMILES string of the molecule is CCCCOc1ccc(Br)cc1C(=O)NC(=S)Nc1ccc(F)c(Cl)c1. The van der Waals surface area contributed by atoms with Crippen LogP contribution in [-0.4, -0.2) is 17.6 Å². The number of thiocarbonyl (C=S) groups is 1. The van der Waals surface area contributed by atoms with Gasteiger partial charge in [-0.15, -0.1) is 0 Å². The number of carbonyl (C=O) groups is 1. The molecule has 138 valence electrons. The first kappa shape index (κ1) is 20.6. The Bertz CT molecular complexity index is 820. The molecule has 26 heavy (non-hydrogen) atoms. The Morgan fingerprint density at radius 2 is 2.08 bits per heavy atom. The van der Waals surface area contributed by atoms with Crippen molar-refractivity contribution in [1.29, 1.82) is 0 Å². The molecular weight excluding hydrogens is 443 g/mol. The van der Waals surface area contributed by atoms with Crippen molar-refractivity contribution in [2.75, 3.05) is 11.9 Å². The first-order valence-electron chi connectivity index (χ1n) is 7.90. The highest BCUT2D eigenvalue weighted by molar-refractivity contribution is 9.10. The van der Waals surface area contributed by atoms with Crippen LogP contribution in [0, 0.1) is 5.82 Å². The molecule has 2 aromatic carbocycles. The van der Waals surface area contributed by atoms with E-state index in [0.717, 1.165) is 17.3 Å². The van der Waals surface area contributed by atoms with Crippen LogP contribution in [0.25, 0.3) is 0 Å². The summed E-state index contributed by atoms with van der Waals surface area (Å²) in [7, 11) is 0. The van der Waals surface area contributed by atoms with Crippen LogP contribution in [0.3, 0.4) is 0 Å². The highest BCUT2D eigenvalue weighted by Crippen LogP contribution is 2.24. The van der Waals surface area contributed by atoms with E-state index in [1.807, 2.05) is 0 Å². The molecule has 2 N–H and O–H groups in total. The first-order chi connectivity index (χ1) is 12.4. The van der Waals surface area contributed by atoms with Gasteiger partial charge in [0.2, 0.25) is 0 Å². The van der Waals surface area contributed by atoms with E-state index in [2.05, 4.69) is 33.5 Å². The lowest BCUT2D eigenvalue weighted by atomic mass is 10.2. The van der Waals surface area contributed by atoms with Crippen LogP contribution in [0.2, 0.25) is 5.02 Å². The minimum absolute atomic E-state index is 0.0391. The third-order valence-electron chi connectivity index (χ3n) is 3.35. The summed E-state index contributed by atoms with van der Waals surface area (Å²) in [6, 6.07) is 9.25. The van der Waals surface area contributed by atoms with Crippen molar-refractivity contribution < 1.29 is 13.9 Å². The Morgan fingerprint density at radius 3 is 2.77 bits per heavy atom. The number of hydrogen-bond donors (Lipinski definition) is 2. The molecule has 2 aromatic rings. The van der Waals surface area contributed by atoms with E-state index in [4.69, 9.17) is 28.6 Å². The standard InChI is InChI=1S/C18H17BrClFN2O2S/c1-2-3-8-25-16-7-4-11(19)9-13(16)17(24)23-18(26)22-12-5-6-15(21)14(20)10-12/h4-7,9-10H,2-3,8H2,1H3,(H2,22,23,24,26). The van der Waals surface area contributed by atoms with Crippen molar-refractivity contribution in [2.45, 2.75) is 19.8 Å². The molecule has 0 radical (unpaired) electrons. The highest BCUT2D eigenvalue weighted by Gasteiger charge is 2.15. The second-order valence-electron chi connectivity index (χ2n) is 5.38. The van der Waals surface area contributed by atoms with Crippen LogP contribution < -0.4 is 15.4 Å². The van der Waals surface area contributed by atoms with E-state index < -0.39 is 11.7 Å².